The van der Waals surface area contributed by atoms with Gasteiger partial charge in [0.1, 0.15) is 0 Å². The Morgan fingerprint density at radius 1 is 1.33 bits per heavy atom. The predicted molar refractivity (Wildman–Crippen MR) is 68.4 cm³/mol. The Bertz CT molecular complexity index is 249. The first kappa shape index (κ1) is 13.8. The summed E-state index contributed by atoms with van der Waals surface area (Å²) in [5.41, 5.74) is 0. The molecule has 1 atom stereocenters. The van der Waals surface area contributed by atoms with Crippen molar-refractivity contribution >= 4 is 5.91 Å². The van der Waals surface area contributed by atoms with Crippen LogP contribution >= 0.6 is 0 Å². The molecule has 0 aromatic carbocycles. The van der Waals surface area contributed by atoms with Gasteiger partial charge in [0.05, 0.1) is 25.2 Å². The fourth-order valence-electron chi connectivity index (χ4n) is 2.46. The van der Waals surface area contributed by atoms with E-state index >= 15 is 0 Å². The topological polar surface area (TPSA) is 59.6 Å². The van der Waals surface area contributed by atoms with Crippen molar-refractivity contribution in [3.05, 3.63) is 0 Å². The first-order valence-corrected chi connectivity index (χ1v) is 7.05. The number of amides is 1. The molecule has 18 heavy (non-hydrogen) atoms. The Morgan fingerprint density at radius 3 is 2.89 bits per heavy atom. The average Bonchev–Trinajstić information content (AvgIpc) is 2.89. The van der Waals surface area contributed by atoms with E-state index in [0.717, 1.165) is 45.4 Å². The molecule has 0 bridgehead atoms. The first-order chi connectivity index (χ1) is 8.84. The Labute approximate surface area is 109 Å². The zero-order valence-corrected chi connectivity index (χ0v) is 11.0. The van der Waals surface area contributed by atoms with Gasteiger partial charge in [-0.05, 0) is 38.8 Å². The summed E-state index contributed by atoms with van der Waals surface area (Å²) in [6, 6.07) is 0. The fraction of sp³-hybridized carbons (Fsp3) is 0.923. The quantitative estimate of drug-likeness (QED) is 0.677. The highest BCUT2D eigenvalue weighted by atomic mass is 16.5. The average molecular weight is 256 g/mol. The molecule has 104 valence electrons. The molecule has 2 rings (SSSR count). The van der Waals surface area contributed by atoms with Crippen LogP contribution in [0.1, 0.15) is 32.1 Å². The minimum Gasteiger partial charge on any atom is -0.378 e. The lowest BCUT2D eigenvalue weighted by Gasteiger charge is -2.23. The van der Waals surface area contributed by atoms with Gasteiger partial charge < -0.3 is 20.1 Å². The van der Waals surface area contributed by atoms with Gasteiger partial charge >= 0.3 is 0 Å². The van der Waals surface area contributed by atoms with Gasteiger partial charge in [0.15, 0.2) is 0 Å². The number of ether oxygens (including phenoxy) is 2. The van der Waals surface area contributed by atoms with E-state index in [0.29, 0.717) is 25.7 Å². The second-order valence-corrected chi connectivity index (χ2v) is 5.01. The molecule has 5 heteroatoms. The predicted octanol–water partition coefficient (Wildman–Crippen LogP) is 0.440. The van der Waals surface area contributed by atoms with Gasteiger partial charge in [0.2, 0.25) is 5.91 Å². The van der Waals surface area contributed by atoms with Gasteiger partial charge in [0, 0.05) is 13.2 Å². The summed E-state index contributed by atoms with van der Waals surface area (Å²) in [7, 11) is 0. The van der Waals surface area contributed by atoms with Crippen LogP contribution in [-0.2, 0) is 14.3 Å². The molecule has 0 saturated carbocycles. The fourth-order valence-corrected chi connectivity index (χ4v) is 2.46. The third-order valence-corrected chi connectivity index (χ3v) is 3.50. The van der Waals surface area contributed by atoms with E-state index in [4.69, 9.17) is 9.47 Å². The van der Waals surface area contributed by atoms with Gasteiger partial charge in [-0.2, -0.15) is 0 Å². The molecule has 0 aromatic rings. The van der Waals surface area contributed by atoms with Crippen molar-refractivity contribution < 1.29 is 14.3 Å². The maximum Gasteiger partial charge on any atom is 0.222 e. The number of carbonyl (C=O) groups excluding carboxylic acids is 1. The standard InChI is InChI=1S/C13H24N2O3/c16-13(10-12-2-1-8-17-12)15-7-9-18-11-3-5-14-6-4-11/h11-12,14H,1-10H2,(H,15,16). The number of hydrogen-bond donors (Lipinski definition) is 2. The molecule has 2 aliphatic heterocycles. The number of nitrogens with one attached hydrogen (secondary N) is 2. The lowest BCUT2D eigenvalue weighted by atomic mass is 10.1. The second kappa shape index (κ2) is 7.71. The van der Waals surface area contributed by atoms with E-state index in [1.165, 1.54) is 0 Å². The van der Waals surface area contributed by atoms with Crippen LogP contribution in [0.25, 0.3) is 0 Å². The Morgan fingerprint density at radius 2 is 2.17 bits per heavy atom. The molecule has 2 N–H and O–H groups in total. The molecule has 0 radical (unpaired) electrons. The van der Waals surface area contributed by atoms with Crippen LogP contribution in [0.3, 0.4) is 0 Å². The summed E-state index contributed by atoms with van der Waals surface area (Å²) < 4.78 is 11.1. The maximum atomic E-state index is 11.6. The van der Waals surface area contributed by atoms with Crippen LogP contribution in [0.15, 0.2) is 0 Å². The summed E-state index contributed by atoms with van der Waals surface area (Å²) in [6.07, 6.45) is 5.23. The van der Waals surface area contributed by atoms with Gasteiger partial charge in [-0.15, -0.1) is 0 Å². The molecule has 2 fully saturated rings. The molecular formula is C13H24N2O3. The largest absolute Gasteiger partial charge is 0.378 e. The van der Waals surface area contributed by atoms with E-state index < -0.39 is 0 Å². The van der Waals surface area contributed by atoms with Crippen molar-refractivity contribution in [3.8, 4) is 0 Å². The minimum atomic E-state index is 0.0795. The SMILES string of the molecule is O=C(CC1CCCO1)NCCOC1CCNCC1. The van der Waals surface area contributed by atoms with Crippen LogP contribution < -0.4 is 10.6 Å². The Balaban J connectivity index is 1.47. The number of carbonyl (C=O) groups is 1. The van der Waals surface area contributed by atoms with Crippen molar-refractivity contribution in [1.29, 1.82) is 0 Å². The van der Waals surface area contributed by atoms with Crippen molar-refractivity contribution in [2.75, 3.05) is 32.8 Å². The number of rotatable bonds is 6. The molecule has 2 saturated heterocycles. The van der Waals surface area contributed by atoms with Gasteiger partial charge in [-0.3, -0.25) is 4.79 Å². The van der Waals surface area contributed by atoms with Crippen molar-refractivity contribution in [1.82, 2.24) is 10.6 Å². The Kier molecular flexibility index (Phi) is 5.90. The van der Waals surface area contributed by atoms with E-state index in [1.54, 1.807) is 0 Å². The highest BCUT2D eigenvalue weighted by Crippen LogP contribution is 2.14. The lowest BCUT2D eigenvalue weighted by molar-refractivity contribution is -0.123. The third-order valence-electron chi connectivity index (χ3n) is 3.50. The van der Waals surface area contributed by atoms with E-state index in [9.17, 15) is 4.79 Å². The summed E-state index contributed by atoms with van der Waals surface area (Å²) in [5, 5.41) is 6.19. The number of hydrogen-bond acceptors (Lipinski definition) is 4. The van der Waals surface area contributed by atoms with Crippen LogP contribution in [0.5, 0.6) is 0 Å². The summed E-state index contributed by atoms with van der Waals surface area (Å²) >= 11 is 0. The maximum absolute atomic E-state index is 11.6. The molecule has 0 spiro atoms. The molecule has 2 heterocycles. The highest BCUT2D eigenvalue weighted by molar-refractivity contribution is 5.76. The summed E-state index contributed by atoms with van der Waals surface area (Å²) in [6.45, 7) is 4.10. The molecule has 5 nitrogen and oxygen atoms in total. The van der Waals surface area contributed by atoms with Crippen molar-refractivity contribution in [3.63, 3.8) is 0 Å². The van der Waals surface area contributed by atoms with Crippen LogP contribution in [0.2, 0.25) is 0 Å². The third kappa shape index (κ3) is 4.92. The lowest BCUT2D eigenvalue weighted by Crippen LogP contribution is -2.35. The van der Waals surface area contributed by atoms with Crippen LogP contribution in [0.4, 0.5) is 0 Å². The van der Waals surface area contributed by atoms with E-state index in [1.807, 2.05) is 0 Å². The molecule has 2 aliphatic rings. The summed E-state index contributed by atoms with van der Waals surface area (Å²) in [4.78, 5) is 11.6. The Hall–Kier alpha value is -0.650. The molecule has 0 aliphatic carbocycles. The monoisotopic (exact) mass is 256 g/mol. The van der Waals surface area contributed by atoms with Gasteiger partial charge in [-0.1, -0.05) is 0 Å². The van der Waals surface area contributed by atoms with Crippen molar-refractivity contribution in [2.45, 2.75) is 44.3 Å². The molecule has 0 aromatic heterocycles. The molecule has 1 unspecified atom stereocenters. The van der Waals surface area contributed by atoms with Crippen LogP contribution in [0, 0.1) is 0 Å². The molecular weight excluding hydrogens is 232 g/mol. The van der Waals surface area contributed by atoms with Crippen LogP contribution in [-0.4, -0.2) is 51.0 Å². The number of piperidine rings is 1. The van der Waals surface area contributed by atoms with Gasteiger partial charge in [-0.25, -0.2) is 0 Å². The van der Waals surface area contributed by atoms with Crippen molar-refractivity contribution in [2.24, 2.45) is 0 Å². The zero-order chi connectivity index (χ0) is 12.6. The van der Waals surface area contributed by atoms with E-state index in [2.05, 4.69) is 10.6 Å². The summed E-state index contributed by atoms with van der Waals surface area (Å²) in [5.74, 6) is 0.0795. The van der Waals surface area contributed by atoms with Gasteiger partial charge in [0.25, 0.3) is 0 Å². The highest BCUT2D eigenvalue weighted by Gasteiger charge is 2.18. The molecule has 1 amide bonds. The second-order valence-electron chi connectivity index (χ2n) is 5.01. The smallest absolute Gasteiger partial charge is 0.222 e. The normalized spacial score (nSPS) is 25.2. The minimum absolute atomic E-state index is 0.0795. The first-order valence-electron chi connectivity index (χ1n) is 7.05. The zero-order valence-electron chi connectivity index (χ0n) is 11.0. The van der Waals surface area contributed by atoms with E-state index in [-0.39, 0.29) is 12.0 Å².